The lowest BCUT2D eigenvalue weighted by atomic mass is 10.1. The molecule has 0 aliphatic carbocycles. The zero-order chi connectivity index (χ0) is 18.2. The van der Waals surface area contributed by atoms with Gasteiger partial charge in [0.05, 0.1) is 12.7 Å². The van der Waals surface area contributed by atoms with E-state index in [0.29, 0.717) is 12.3 Å². The van der Waals surface area contributed by atoms with E-state index in [1.165, 1.54) is 25.3 Å². The van der Waals surface area contributed by atoms with Crippen molar-refractivity contribution in [1.82, 2.24) is 15.1 Å². The van der Waals surface area contributed by atoms with E-state index in [0.717, 1.165) is 39.3 Å². The number of alkyl halides is 2. The van der Waals surface area contributed by atoms with E-state index in [2.05, 4.69) is 26.8 Å². The zero-order valence-electron chi connectivity index (χ0n) is 14.6. The lowest BCUT2D eigenvalue weighted by Gasteiger charge is -2.33. The van der Waals surface area contributed by atoms with Crippen LogP contribution in [0.5, 0.6) is 11.5 Å². The summed E-state index contributed by atoms with van der Waals surface area (Å²) >= 11 is 0. The Morgan fingerprint density at radius 3 is 2.52 bits per heavy atom. The quantitative estimate of drug-likeness (QED) is 0.767. The number of amides is 1. The molecule has 0 unspecified atom stereocenters. The van der Waals surface area contributed by atoms with E-state index in [1.807, 2.05) is 0 Å². The molecule has 8 heteroatoms. The van der Waals surface area contributed by atoms with Gasteiger partial charge in [-0.2, -0.15) is 8.78 Å². The van der Waals surface area contributed by atoms with Crippen LogP contribution in [0.2, 0.25) is 0 Å². The second-order valence-electron chi connectivity index (χ2n) is 5.77. The Morgan fingerprint density at radius 2 is 1.92 bits per heavy atom. The number of halogens is 2. The van der Waals surface area contributed by atoms with Gasteiger partial charge in [0.1, 0.15) is 11.5 Å². The molecule has 1 aliphatic heterocycles. The molecule has 1 aromatic rings. The summed E-state index contributed by atoms with van der Waals surface area (Å²) in [5.41, 5.74) is 0.0666. The number of carbonyl (C=O) groups is 1. The molecule has 0 atom stereocenters. The maximum absolute atomic E-state index is 12.5. The molecule has 2 rings (SSSR count). The molecule has 1 aliphatic rings. The Labute approximate surface area is 146 Å². The number of piperazine rings is 1. The average molecular weight is 357 g/mol. The van der Waals surface area contributed by atoms with E-state index in [4.69, 9.17) is 4.74 Å². The Balaban J connectivity index is 1.88. The molecule has 25 heavy (non-hydrogen) atoms. The van der Waals surface area contributed by atoms with Crippen molar-refractivity contribution in [3.05, 3.63) is 23.8 Å². The normalized spacial score (nSPS) is 16.0. The fourth-order valence-electron chi connectivity index (χ4n) is 2.76. The van der Waals surface area contributed by atoms with Crippen LogP contribution in [0.15, 0.2) is 18.2 Å². The molecule has 0 radical (unpaired) electrons. The van der Waals surface area contributed by atoms with Crippen LogP contribution in [0.3, 0.4) is 0 Å². The lowest BCUT2D eigenvalue weighted by molar-refractivity contribution is -0.0502. The number of hydrogen-bond acceptors (Lipinski definition) is 5. The van der Waals surface area contributed by atoms with Crippen molar-refractivity contribution in [2.45, 2.75) is 13.5 Å². The first-order valence-corrected chi connectivity index (χ1v) is 8.39. The average Bonchev–Trinajstić information content (AvgIpc) is 2.61. The minimum atomic E-state index is -3.01. The molecule has 0 spiro atoms. The molecule has 0 aromatic heterocycles. The number of methoxy groups -OCH3 is 1. The predicted octanol–water partition coefficient (Wildman–Crippen LogP) is 1.66. The van der Waals surface area contributed by atoms with Gasteiger partial charge >= 0.3 is 6.61 Å². The van der Waals surface area contributed by atoms with E-state index in [9.17, 15) is 13.6 Å². The third-order valence-corrected chi connectivity index (χ3v) is 4.28. The topological polar surface area (TPSA) is 54.0 Å². The molecule has 1 amide bonds. The number of rotatable bonds is 8. The summed E-state index contributed by atoms with van der Waals surface area (Å²) in [6.07, 6.45) is 0. The van der Waals surface area contributed by atoms with Crippen LogP contribution in [0, 0.1) is 0 Å². The van der Waals surface area contributed by atoms with Crippen molar-refractivity contribution in [2.24, 2.45) is 0 Å². The van der Waals surface area contributed by atoms with E-state index < -0.39 is 12.5 Å². The number of likely N-dealkylation sites (N-methyl/N-ethyl adjacent to an activating group) is 1. The number of nitrogens with one attached hydrogen (secondary N) is 1. The third kappa shape index (κ3) is 5.82. The van der Waals surface area contributed by atoms with Gasteiger partial charge in [-0.3, -0.25) is 9.69 Å². The van der Waals surface area contributed by atoms with Gasteiger partial charge in [0.15, 0.2) is 0 Å². The molecular formula is C17H25F2N3O3. The number of benzene rings is 1. The number of carbonyl (C=O) groups excluding carboxylic acids is 1. The van der Waals surface area contributed by atoms with Gasteiger partial charge in [0.25, 0.3) is 5.91 Å². The maximum Gasteiger partial charge on any atom is 0.387 e. The van der Waals surface area contributed by atoms with Crippen molar-refractivity contribution in [2.75, 3.05) is 52.9 Å². The molecule has 0 saturated carbocycles. The summed E-state index contributed by atoms with van der Waals surface area (Å²) in [4.78, 5) is 16.9. The van der Waals surface area contributed by atoms with Gasteiger partial charge in [-0.1, -0.05) is 6.92 Å². The Kier molecular flexibility index (Phi) is 7.39. The van der Waals surface area contributed by atoms with Gasteiger partial charge in [-0.05, 0) is 18.7 Å². The van der Waals surface area contributed by atoms with E-state index in [1.54, 1.807) is 0 Å². The molecule has 1 fully saturated rings. The monoisotopic (exact) mass is 357 g/mol. The highest BCUT2D eigenvalue weighted by Crippen LogP contribution is 2.26. The van der Waals surface area contributed by atoms with Crippen molar-refractivity contribution >= 4 is 5.91 Å². The first-order valence-electron chi connectivity index (χ1n) is 8.39. The number of hydrogen-bond donors (Lipinski definition) is 1. The van der Waals surface area contributed by atoms with Gasteiger partial charge in [0, 0.05) is 45.3 Å². The SMILES string of the molecule is CCN1CCN(CCNC(=O)c2ccc(OC)cc2OC(F)F)CC1. The second-order valence-corrected chi connectivity index (χ2v) is 5.77. The molecular weight excluding hydrogens is 332 g/mol. The Hall–Kier alpha value is -1.93. The van der Waals surface area contributed by atoms with Crippen LogP contribution in [0.4, 0.5) is 8.78 Å². The molecule has 1 aromatic carbocycles. The zero-order valence-corrected chi connectivity index (χ0v) is 14.6. The second kappa shape index (κ2) is 9.53. The Morgan fingerprint density at radius 1 is 1.24 bits per heavy atom. The summed E-state index contributed by atoms with van der Waals surface area (Å²) in [5.74, 6) is -0.282. The fourth-order valence-corrected chi connectivity index (χ4v) is 2.76. The van der Waals surface area contributed by atoms with Crippen LogP contribution in [0.25, 0.3) is 0 Å². The fraction of sp³-hybridized carbons (Fsp3) is 0.588. The molecule has 6 nitrogen and oxygen atoms in total. The lowest BCUT2D eigenvalue weighted by Crippen LogP contribution is -2.48. The molecule has 1 saturated heterocycles. The highest BCUT2D eigenvalue weighted by Gasteiger charge is 2.18. The van der Waals surface area contributed by atoms with Gasteiger partial charge in [-0.15, -0.1) is 0 Å². The van der Waals surface area contributed by atoms with Crippen LogP contribution < -0.4 is 14.8 Å². The van der Waals surface area contributed by atoms with Crippen LogP contribution >= 0.6 is 0 Å². The van der Waals surface area contributed by atoms with Crippen LogP contribution in [-0.4, -0.2) is 75.2 Å². The molecule has 140 valence electrons. The molecule has 1 heterocycles. The number of ether oxygens (including phenoxy) is 2. The number of nitrogens with zero attached hydrogens (tertiary/aromatic N) is 2. The standard InChI is InChI=1S/C17H25F2N3O3/c1-3-21-8-10-22(11-9-21)7-6-20-16(23)14-5-4-13(24-2)12-15(14)25-17(18)19/h4-5,12,17H,3,6-11H2,1-2H3,(H,20,23). The maximum atomic E-state index is 12.5. The van der Waals surface area contributed by atoms with Gasteiger partial charge < -0.3 is 19.7 Å². The van der Waals surface area contributed by atoms with Crippen molar-refractivity contribution < 1.29 is 23.0 Å². The highest BCUT2D eigenvalue weighted by atomic mass is 19.3. The molecule has 0 bridgehead atoms. The largest absolute Gasteiger partial charge is 0.497 e. The van der Waals surface area contributed by atoms with Gasteiger partial charge in [0.2, 0.25) is 0 Å². The summed E-state index contributed by atoms with van der Waals surface area (Å²) in [6.45, 7) is 5.34. The van der Waals surface area contributed by atoms with E-state index in [-0.39, 0.29) is 11.3 Å². The summed E-state index contributed by atoms with van der Waals surface area (Å²) in [6, 6.07) is 4.24. The minimum absolute atomic E-state index is 0.0666. The van der Waals surface area contributed by atoms with Crippen molar-refractivity contribution in [3.63, 3.8) is 0 Å². The molecule has 1 N–H and O–H groups in total. The van der Waals surface area contributed by atoms with Crippen molar-refractivity contribution in [3.8, 4) is 11.5 Å². The first kappa shape index (κ1) is 19.4. The first-order chi connectivity index (χ1) is 12.0. The minimum Gasteiger partial charge on any atom is -0.497 e. The predicted molar refractivity (Wildman–Crippen MR) is 90.5 cm³/mol. The summed E-state index contributed by atoms with van der Waals surface area (Å²) < 4.78 is 34.5. The van der Waals surface area contributed by atoms with Crippen LogP contribution in [0.1, 0.15) is 17.3 Å². The summed E-state index contributed by atoms with van der Waals surface area (Å²) in [5, 5.41) is 2.76. The van der Waals surface area contributed by atoms with Crippen molar-refractivity contribution in [1.29, 1.82) is 0 Å². The smallest absolute Gasteiger partial charge is 0.387 e. The summed E-state index contributed by atoms with van der Waals surface area (Å²) in [7, 11) is 1.42. The Bertz CT molecular complexity index is 564. The van der Waals surface area contributed by atoms with Gasteiger partial charge in [-0.25, -0.2) is 0 Å². The third-order valence-electron chi connectivity index (χ3n) is 4.28. The van der Waals surface area contributed by atoms with E-state index >= 15 is 0 Å². The van der Waals surface area contributed by atoms with Crippen LogP contribution in [-0.2, 0) is 0 Å². The highest BCUT2D eigenvalue weighted by molar-refractivity contribution is 5.97.